The molecule has 4 saturated heterocycles. The number of ether oxygens (including phenoxy) is 12. The Kier molecular flexibility index (Phi) is 47.9. The summed E-state index contributed by atoms with van der Waals surface area (Å²) < 4.78 is 72.0. The van der Waals surface area contributed by atoms with Crippen molar-refractivity contribution in [3.63, 3.8) is 0 Å². The maximum atomic E-state index is 14.9. The van der Waals surface area contributed by atoms with Gasteiger partial charge in [-0.3, -0.25) is 47.9 Å². The lowest BCUT2D eigenvalue weighted by molar-refractivity contribution is -0.265. The van der Waals surface area contributed by atoms with Gasteiger partial charge >= 0.3 is 23.9 Å². The predicted molar refractivity (Wildman–Crippen MR) is 521 cm³/mol. The molecule has 2 aliphatic carbocycles. The van der Waals surface area contributed by atoms with Crippen LogP contribution in [0.5, 0.6) is 0 Å². The van der Waals surface area contributed by atoms with Crippen LogP contribution in [0.4, 0.5) is 0 Å². The Morgan fingerprint density at radius 2 is 0.906 bits per heavy atom. The summed E-state index contributed by atoms with van der Waals surface area (Å²) in [5, 5.41) is 46.8. The molecule has 6 heterocycles. The van der Waals surface area contributed by atoms with Crippen LogP contribution in [0.15, 0.2) is 95.2 Å². The topological polar surface area (TPSA) is 406 Å². The molecule has 6 fully saturated rings. The Morgan fingerprint density at radius 3 is 1.34 bits per heavy atom. The van der Waals surface area contributed by atoms with Crippen molar-refractivity contribution in [3.8, 4) is 0 Å². The van der Waals surface area contributed by atoms with Crippen LogP contribution < -0.4 is 0 Å². The number of rotatable bonds is 21. The summed E-state index contributed by atoms with van der Waals surface area (Å²) in [5.41, 5.74) is 2.39. The van der Waals surface area contributed by atoms with E-state index in [9.17, 15) is 78.0 Å². The van der Waals surface area contributed by atoms with Crippen molar-refractivity contribution in [2.45, 2.75) is 398 Å². The molecule has 30 nitrogen and oxygen atoms in total. The number of aliphatic hydroxyl groups excluding tert-OH is 3. The van der Waals surface area contributed by atoms with Gasteiger partial charge in [-0.2, -0.15) is 0 Å². The number of hydrogen-bond acceptors (Lipinski definition) is 28. The Labute approximate surface area is 825 Å². The van der Waals surface area contributed by atoms with Crippen LogP contribution in [0.2, 0.25) is 0 Å². The first-order valence-corrected chi connectivity index (χ1v) is 51.4. The minimum Gasteiger partial charge on any atom is -0.460 e. The van der Waals surface area contributed by atoms with E-state index in [1.807, 2.05) is 102 Å². The fraction of sp³-hybridized carbons (Fsp3) is 0.743. The normalized spacial score (nSPS) is 38.1. The van der Waals surface area contributed by atoms with Gasteiger partial charge in [0.05, 0.1) is 42.7 Å². The van der Waals surface area contributed by atoms with E-state index in [-0.39, 0.29) is 118 Å². The molecule has 0 radical (unpaired) electrons. The van der Waals surface area contributed by atoms with Crippen LogP contribution in [0.25, 0.3) is 0 Å². The number of amides is 2. The third-order valence-corrected chi connectivity index (χ3v) is 30.4. The highest BCUT2D eigenvalue weighted by molar-refractivity contribution is 6.39. The number of Topliss-reactive ketones (excluding diaryl/α,β-unsaturated/α-hetero) is 6. The Bertz CT molecular complexity index is 4330. The fourth-order valence-corrected chi connectivity index (χ4v) is 21.4. The number of hydrogen-bond donors (Lipinski definition) is 4. The molecule has 0 aromatic rings. The number of piperidine rings is 2. The van der Waals surface area contributed by atoms with Crippen LogP contribution in [-0.2, 0) is 114 Å². The number of methoxy groups -OCH3 is 6. The SMILES string of the molecule is CO[C@H]1C[C@@H](C[C@@H](C)[C@@H]2CC(=O)[C@H](C)/C=C(\C)[C@@H](O)[C@@H](OC)C(=O)[C@@H](C)C[C@H](C)/C=C/C=C/C=C(/C)[C@H](OC)C[C@@H](O)CC[C@H]3O[C@@H]3C(=O)C(=O)N3CCCC[C@H]3C(=O)O2)CC[C@@H]1OC(=O)CCCCCCC(=O)O[C@@H]1CC[C@@H](C[C@@H](C)[C@@H]2CC(=O)[C@@H](C)/C=C(\C)[C@@H](O)[C@H](OC)C(=O)[C@@H](C)C[C@H](C)/C=C/C=C/C=C(\C)[C@H](OC)C[C@@H]3CC[C@@H](C)[C@@](O)(O3)C(=O)C(=O)N3CCCC[C@H]3C(=O)O2)C[C@H]1OC. The molecule has 4 N–H and O–H groups in total. The van der Waals surface area contributed by atoms with Gasteiger partial charge < -0.3 is 87.1 Å². The lowest BCUT2D eigenvalue weighted by Gasteiger charge is -2.42. The van der Waals surface area contributed by atoms with E-state index < -0.39 is 204 Å². The second-order valence-corrected chi connectivity index (χ2v) is 41.5. The van der Waals surface area contributed by atoms with E-state index >= 15 is 0 Å². The first kappa shape index (κ1) is 117. The number of esters is 4. The number of allylic oxidation sites excluding steroid dienone is 12. The standard InChI is InChI=1S/C109H166N2O28/c1-64-34-24-22-26-36-66(3)88(128-14)60-79(112)45-49-87-101(136-87)100(121)105(123)110-50-32-30-38-81(110)107(125)137-90(62-83(113)68(5)54-74(11)98(119)102(132-18)96(117)72(9)52-64)70(7)56-77-43-47-85(92(58-77)130-16)134-94(115)40-28-20-21-29-41-95(116)135-86-48-44-78(59-93(86)131-17)57-71(8)91-63-84(114)69(6)55-75(12)99(120)103(133-19)97(118)73(10)53-65(2)35-25-23-27-37-67(4)89(129-15)61-80-46-42-76(13)109(127,139-80)104(122)106(124)111-51-33-31-39-82(111)108(126)138-91/h22-27,34-37,54-55,64-65,68-73,76-82,85-93,98-99,101-103,112,119-120,127H,20-21,28-33,38-53,56-63H2,1-19H3/b26-22+,27-23+,34-24+,35-25+,66-36-,67-37+,74-54+,75-55+/t64-,65-,68-,69+,70-,71-,72+,73+,76-,77-,78+,79+,80+,81+,82+,85+,86-,87-,88-,89-,90+,91+,92+,93-,98-,99-,101+,102+,103-,109-/m1/s1. The van der Waals surface area contributed by atoms with Gasteiger partial charge in [0, 0.05) is 124 Å². The van der Waals surface area contributed by atoms with E-state index in [0.717, 1.165) is 11.1 Å². The van der Waals surface area contributed by atoms with Crippen molar-refractivity contribution in [2.75, 3.05) is 55.7 Å². The lowest BCUT2D eigenvalue weighted by Crippen LogP contribution is -2.61. The quantitative estimate of drug-likeness (QED) is 0.0207. The maximum Gasteiger partial charge on any atom is 0.329 e. The zero-order valence-electron chi connectivity index (χ0n) is 86.3. The third kappa shape index (κ3) is 34.2. The van der Waals surface area contributed by atoms with Crippen molar-refractivity contribution < 1.29 is 135 Å². The minimum atomic E-state index is -2.51. The Balaban J connectivity index is 0.856. The van der Waals surface area contributed by atoms with Gasteiger partial charge in [0.25, 0.3) is 23.4 Å². The average molecular weight is 1950 g/mol. The molecule has 6 aliphatic heterocycles. The van der Waals surface area contributed by atoms with Crippen LogP contribution in [0.3, 0.4) is 0 Å². The molecule has 780 valence electrons. The monoisotopic (exact) mass is 1950 g/mol. The van der Waals surface area contributed by atoms with Gasteiger partial charge in [-0.15, -0.1) is 0 Å². The second kappa shape index (κ2) is 57.1. The highest BCUT2D eigenvalue weighted by Gasteiger charge is 2.55. The molecule has 0 aromatic carbocycles. The van der Waals surface area contributed by atoms with Crippen molar-refractivity contribution in [1.29, 1.82) is 0 Å². The minimum absolute atomic E-state index is 0.0183. The van der Waals surface area contributed by atoms with E-state index in [0.29, 0.717) is 146 Å². The van der Waals surface area contributed by atoms with Gasteiger partial charge in [0.2, 0.25) is 5.79 Å². The number of carbonyl (C=O) groups excluding carboxylic acids is 12. The molecular formula is C109H166N2O28. The molecule has 2 saturated carbocycles. The summed E-state index contributed by atoms with van der Waals surface area (Å²) in [5.74, 6) is -14.6. The summed E-state index contributed by atoms with van der Waals surface area (Å²) in [4.78, 5) is 174. The highest BCUT2D eigenvalue weighted by atomic mass is 16.6. The summed E-state index contributed by atoms with van der Waals surface area (Å²) in [6.45, 7) is 23.5. The van der Waals surface area contributed by atoms with Crippen LogP contribution in [-0.4, -0.2) is 272 Å². The number of cyclic esters (lactones) is 2. The molecule has 139 heavy (non-hydrogen) atoms. The number of aliphatic hydroxyl groups is 4. The molecular weight excluding hydrogens is 1790 g/mol. The molecule has 8 aliphatic rings. The average Bonchev–Trinajstić information content (AvgIpc) is 1.52. The summed E-state index contributed by atoms with van der Waals surface area (Å²) in [6.07, 6.45) is 20.0. The van der Waals surface area contributed by atoms with Crippen molar-refractivity contribution >= 4 is 70.4 Å². The lowest BCUT2D eigenvalue weighted by atomic mass is 9.78. The summed E-state index contributed by atoms with van der Waals surface area (Å²) in [7, 11) is 8.96. The molecule has 2 bridgehead atoms. The van der Waals surface area contributed by atoms with Gasteiger partial charge in [-0.1, -0.05) is 148 Å². The number of ketones is 6. The van der Waals surface area contributed by atoms with E-state index in [1.165, 1.54) is 24.0 Å². The van der Waals surface area contributed by atoms with Crippen LogP contribution in [0, 0.1) is 65.1 Å². The molecule has 8 rings (SSSR count). The Hall–Kier alpha value is -7.72. The first-order valence-electron chi connectivity index (χ1n) is 51.4. The fourth-order valence-electron chi connectivity index (χ4n) is 21.4. The van der Waals surface area contributed by atoms with Crippen molar-refractivity contribution in [1.82, 2.24) is 9.80 Å². The number of fused-ring (bicyclic) bond motifs is 5. The number of carbonyl (C=O) groups is 12. The van der Waals surface area contributed by atoms with Gasteiger partial charge in [0.1, 0.15) is 72.5 Å². The molecule has 0 spiro atoms. The zero-order chi connectivity index (χ0) is 102. The van der Waals surface area contributed by atoms with Crippen LogP contribution in [0.1, 0.15) is 283 Å². The third-order valence-electron chi connectivity index (χ3n) is 30.4. The van der Waals surface area contributed by atoms with E-state index in [2.05, 4.69) is 0 Å². The van der Waals surface area contributed by atoms with Crippen molar-refractivity contribution in [2.24, 2.45) is 65.1 Å². The maximum absolute atomic E-state index is 14.9. The highest BCUT2D eigenvalue weighted by Crippen LogP contribution is 2.42. The van der Waals surface area contributed by atoms with E-state index in [1.54, 1.807) is 89.1 Å². The molecule has 0 unspecified atom stereocenters. The van der Waals surface area contributed by atoms with Crippen molar-refractivity contribution in [3.05, 3.63) is 95.2 Å². The van der Waals surface area contributed by atoms with Gasteiger partial charge in [-0.05, 0) is 227 Å². The largest absolute Gasteiger partial charge is 0.460 e. The summed E-state index contributed by atoms with van der Waals surface area (Å²) >= 11 is 0. The predicted octanol–water partition coefficient (Wildman–Crippen LogP) is 14.2. The second-order valence-electron chi connectivity index (χ2n) is 41.5. The Morgan fingerprint density at radius 1 is 0.468 bits per heavy atom. The van der Waals surface area contributed by atoms with E-state index in [4.69, 9.17) is 56.8 Å². The number of unbranched alkanes of at least 4 members (excludes halogenated alkanes) is 3. The van der Waals surface area contributed by atoms with Gasteiger partial charge in [0.15, 0.2) is 17.7 Å². The van der Waals surface area contributed by atoms with Crippen LogP contribution >= 0.6 is 0 Å². The molecule has 0 aromatic heterocycles. The smallest absolute Gasteiger partial charge is 0.329 e. The molecule has 30 atom stereocenters. The van der Waals surface area contributed by atoms with Gasteiger partial charge in [-0.25, -0.2) is 9.59 Å². The zero-order valence-corrected chi connectivity index (χ0v) is 86.3. The number of nitrogens with zero attached hydrogens (tertiary/aromatic N) is 2. The summed E-state index contributed by atoms with van der Waals surface area (Å²) in [6, 6.07) is -2.37. The number of epoxide rings is 1. The molecule has 2 amide bonds. The molecule has 30 heteroatoms. The first-order chi connectivity index (χ1) is 66.1.